The number of ether oxygens (including phenoxy) is 1. The van der Waals surface area contributed by atoms with E-state index in [4.69, 9.17) is 21.3 Å². The van der Waals surface area contributed by atoms with E-state index in [2.05, 4.69) is 31.7 Å². The molecule has 11 heteroatoms. The van der Waals surface area contributed by atoms with Gasteiger partial charge in [-0.25, -0.2) is 24.3 Å². The van der Waals surface area contributed by atoms with Crippen LogP contribution in [0.25, 0.3) is 11.0 Å². The van der Waals surface area contributed by atoms with E-state index in [1.807, 2.05) is 4.90 Å². The summed E-state index contributed by atoms with van der Waals surface area (Å²) in [6.45, 7) is 5.97. The Kier molecular flexibility index (Phi) is 5.63. The van der Waals surface area contributed by atoms with Crippen molar-refractivity contribution < 1.29 is 13.9 Å². The molecule has 0 radical (unpaired) electrons. The Morgan fingerprint density at radius 1 is 1.28 bits per heavy atom. The Bertz CT molecular complexity index is 1360. The smallest absolute Gasteiger partial charge is 0.246 e. The third kappa shape index (κ3) is 4.19. The van der Waals surface area contributed by atoms with Crippen LogP contribution in [0.3, 0.4) is 0 Å². The Labute approximate surface area is 212 Å². The number of nitrogens with one attached hydrogen (secondary N) is 1. The zero-order chi connectivity index (χ0) is 24.9. The van der Waals surface area contributed by atoms with Crippen LogP contribution in [0.15, 0.2) is 37.3 Å². The number of aromatic nitrogens is 4. The van der Waals surface area contributed by atoms with Gasteiger partial charge in [-0.15, -0.1) is 0 Å². The maximum atomic E-state index is 15.1. The average molecular weight is 510 g/mol. The molecule has 3 aromatic rings. The zero-order valence-corrected chi connectivity index (χ0v) is 20.3. The fourth-order valence-electron chi connectivity index (χ4n) is 4.62. The summed E-state index contributed by atoms with van der Waals surface area (Å²) in [7, 11) is 0. The van der Waals surface area contributed by atoms with Crippen LogP contribution in [0.4, 0.5) is 21.8 Å². The Morgan fingerprint density at radius 3 is 2.86 bits per heavy atom. The van der Waals surface area contributed by atoms with E-state index in [1.54, 1.807) is 18.3 Å². The molecule has 1 aliphatic heterocycles. The number of hydrogen-bond acceptors (Lipinski definition) is 8. The van der Waals surface area contributed by atoms with E-state index < -0.39 is 5.82 Å². The first-order chi connectivity index (χ1) is 17.5. The number of fused-ring (bicyclic) bond motifs is 1. The van der Waals surface area contributed by atoms with Crippen molar-refractivity contribution in [2.75, 3.05) is 36.5 Å². The topological polar surface area (TPSA) is 96.4 Å². The van der Waals surface area contributed by atoms with Gasteiger partial charge in [0.1, 0.15) is 28.1 Å². The number of benzene rings is 1. The van der Waals surface area contributed by atoms with E-state index in [0.717, 1.165) is 25.7 Å². The summed E-state index contributed by atoms with van der Waals surface area (Å²) >= 11 is 6.25. The average Bonchev–Trinajstić information content (AvgIpc) is 3.84. The quantitative estimate of drug-likeness (QED) is 0.475. The first-order valence-corrected chi connectivity index (χ1v) is 12.4. The molecule has 0 atom stereocenters. The number of nitrogens with zero attached hydrogens (tertiary/aromatic N) is 6. The largest absolute Gasteiger partial charge is 0.492 e. The minimum atomic E-state index is -0.621. The second-order valence-electron chi connectivity index (χ2n) is 9.58. The molecular formula is C25H25ClFN7O2. The van der Waals surface area contributed by atoms with E-state index in [0.29, 0.717) is 60.7 Å². The van der Waals surface area contributed by atoms with Crippen LogP contribution < -0.4 is 15.0 Å². The molecule has 6 rings (SSSR count). The third-order valence-corrected chi connectivity index (χ3v) is 7.39. The minimum Gasteiger partial charge on any atom is -0.492 e. The van der Waals surface area contributed by atoms with Crippen LogP contribution in [-0.4, -0.2) is 62.5 Å². The van der Waals surface area contributed by atoms with Gasteiger partial charge in [0.05, 0.1) is 24.0 Å². The van der Waals surface area contributed by atoms with Gasteiger partial charge in [-0.3, -0.25) is 4.79 Å². The van der Waals surface area contributed by atoms with Gasteiger partial charge in [-0.05, 0) is 49.8 Å². The number of piperazine rings is 1. The summed E-state index contributed by atoms with van der Waals surface area (Å²) in [5.74, 6) is 1.04. The van der Waals surface area contributed by atoms with Crippen LogP contribution in [0.1, 0.15) is 25.7 Å². The fraction of sp³-hybridized carbons (Fsp3) is 0.400. The molecule has 1 N–H and O–H groups in total. The standard InChI is InChI=1S/C25H25ClFN7O2/c1-2-19(35)34-10-9-33(13-25(34)7-8-25)24-28-11-17-22(32-24)23(30-14-29-17)31-16-5-6-18(20(26)21(16)27)36-12-15-3-4-15/h2,5-6,11,14-15H,1,3-4,7-10,12-13H2,(H,29,30,31). The van der Waals surface area contributed by atoms with Crippen LogP contribution in [0.2, 0.25) is 5.02 Å². The van der Waals surface area contributed by atoms with Gasteiger partial charge in [0.15, 0.2) is 11.6 Å². The predicted molar refractivity (Wildman–Crippen MR) is 134 cm³/mol. The molecule has 1 aromatic carbocycles. The zero-order valence-electron chi connectivity index (χ0n) is 19.6. The molecule has 3 fully saturated rings. The van der Waals surface area contributed by atoms with Crippen molar-refractivity contribution in [1.29, 1.82) is 0 Å². The van der Waals surface area contributed by atoms with Gasteiger partial charge in [-0.2, -0.15) is 0 Å². The van der Waals surface area contributed by atoms with Crippen molar-refractivity contribution in [3.63, 3.8) is 0 Å². The molecular weight excluding hydrogens is 485 g/mol. The van der Waals surface area contributed by atoms with Gasteiger partial charge in [0.25, 0.3) is 0 Å². The maximum absolute atomic E-state index is 15.1. The van der Waals surface area contributed by atoms with Crippen molar-refractivity contribution >= 4 is 46.0 Å². The summed E-state index contributed by atoms with van der Waals surface area (Å²) < 4.78 is 20.8. The monoisotopic (exact) mass is 509 g/mol. The van der Waals surface area contributed by atoms with Crippen LogP contribution >= 0.6 is 11.6 Å². The molecule has 2 saturated carbocycles. The second kappa shape index (κ2) is 8.85. The summed E-state index contributed by atoms with van der Waals surface area (Å²) in [6.07, 6.45) is 8.51. The molecule has 2 aliphatic carbocycles. The van der Waals surface area contributed by atoms with Crippen molar-refractivity contribution in [1.82, 2.24) is 24.8 Å². The molecule has 1 saturated heterocycles. The summed E-state index contributed by atoms with van der Waals surface area (Å²) in [5, 5.41) is 2.94. The molecule has 36 heavy (non-hydrogen) atoms. The molecule has 3 aliphatic rings. The summed E-state index contributed by atoms with van der Waals surface area (Å²) in [6, 6.07) is 3.23. The van der Waals surface area contributed by atoms with E-state index in [1.165, 1.54) is 12.4 Å². The SMILES string of the molecule is C=CC(=O)N1CCN(c2ncc3ncnc(Nc4ccc(OCC5CC5)c(Cl)c4F)c3n2)CC12CC2. The summed E-state index contributed by atoms with van der Waals surface area (Å²) in [5.41, 5.74) is 0.946. The Morgan fingerprint density at radius 2 is 2.11 bits per heavy atom. The van der Waals surface area contributed by atoms with Crippen molar-refractivity contribution in [3.05, 3.63) is 48.2 Å². The lowest BCUT2D eigenvalue weighted by atomic mass is 10.1. The number of rotatable bonds is 7. The van der Waals surface area contributed by atoms with E-state index in [9.17, 15) is 4.79 Å². The van der Waals surface area contributed by atoms with Crippen molar-refractivity contribution in [2.45, 2.75) is 31.2 Å². The molecule has 2 aromatic heterocycles. The van der Waals surface area contributed by atoms with Crippen molar-refractivity contribution in [2.24, 2.45) is 5.92 Å². The highest BCUT2D eigenvalue weighted by atomic mass is 35.5. The maximum Gasteiger partial charge on any atom is 0.246 e. The highest BCUT2D eigenvalue weighted by Gasteiger charge is 2.53. The first-order valence-electron chi connectivity index (χ1n) is 12.0. The number of amides is 1. The van der Waals surface area contributed by atoms with Crippen LogP contribution in [0, 0.1) is 11.7 Å². The lowest BCUT2D eigenvalue weighted by molar-refractivity contribution is -0.129. The molecule has 3 heterocycles. The first kappa shape index (κ1) is 22.9. The van der Waals surface area contributed by atoms with Gasteiger partial charge < -0.3 is 19.9 Å². The second-order valence-corrected chi connectivity index (χ2v) is 9.96. The molecule has 186 valence electrons. The molecule has 0 bridgehead atoms. The highest BCUT2D eigenvalue weighted by molar-refractivity contribution is 6.32. The molecule has 1 amide bonds. The number of carbonyl (C=O) groups excluding carboxylic acids is 1. The van der Waals surface area contributed by atoms with Gasteiger partial charge in [-0.1, -0.05) is 18.2 Å². The van der Waals surface area contributed by atoms with E-state index >= 15 is 4.39 Å². The molecule has 9 nitrogen and oxygen atoms in total. The number of anilines is 3. The highest BCUT2D eigenvalue weighted by Crippen LogP contribution is 2.45. The van der Waals surface area contributed by atoms with Gasteiger partial charge in [0.2, 0.25) is 11.9 Å². The number of halogens is 2. The minimum absolute atomic E-state index is 0.0453. The van der Waals surface area contributed by atoms with Crippen LogP contribution in [-0.2, 0) is 4.79 Å². The molecule has 1 spiro atoms. The fourth-order valence-corrected chi connectivity index (χ4v) is 4.84. The Balaban J connectivity index is 1.26. The number of hydrogen-bond donors (Lipinski definition) is 1. The number of carbonyl (C=O) groups is 1. The Hall–Kier alpha value is -3.53. The summed E-state index contributed by atoms with van der Waals surface area (Å²) in [4.78, 5) is 34.0. The van der Waals surface area contributed by atoms with Crippen LogP contribution in [0.5, 0.6) is 5.75 Å². The third-order valence-electron chi connectivity index (χ3n) is 7.04. The lowest BCUT2D eigenvalue weighted by Crippen LogP contribution is -2.57. The van der Waals surface area contributed by atoms with Gasteiger partial charge >= 0.3 is 0 Å². The van der Waals surface area contributed by atoms with E-state index in [-0.39, 0.29) is 22.2 Å². The van der Waals surface area contributed by atoms with Gasteiger partial charge in [0, 0.05) is 19.6 Å². The normalized spacial score (nSPS) is 18.4. The lowest BCUT2D eigenvalue weighted by Gasteiger charge is -2.41. The molecule has 0 unspecified atom stereocenters. The van der Waals surface area contributed by atoms with Crippen molar-refractivity contribution in [3.8, 4) is 5.75 Å². The predicted octanol–water partition coefficient (Wildman–Crippen LogP) is 4.11.